The molecule has 0 fully saturated rings. The van der Waals surface area contributed by atoms with Gasteiger partial charge in [0.05, 0.1) is 5.75 Å². The molecule has 0 spiro atoms. The normalized spacial score (nSPS) is 12.0. The first-order chi connectivity index (χ1) is 20.4. The quantitative estimate of drug-likeness (QED) is 0.0760. The van der Waals surface area contributed by atoms with Crippen molar-refractivity contribution in [1.29, 1.82) is 0 Å². The summed E-state index contributed by atoms with van der Waals surface area (Å²) in [6.45, 7) is 7.34. The summed E-state index contributed by atoms with van der Waals surface area (Å²) < 4.78 is 32.8. The number of hydrogen-bond donors (Lipinski definition) is 1. The van der Waals surface area contributed by atoms with Gasteiger partial charge in [-0.1, -0.05) is 121 Å². The molecule has 1 aromatic heterocycles. The lowest BCUT2D eigenvalue weighted by molar-refractivity contribution is -0.696. The number of aryl methyl sites for hydroxylation is 1. The first-order valence-electron chi connectivity index (χ1n) is 16.3. The SMILES string of the molecule is CCCCCCCCN(CCCCCCCC)c1cccc2c(C=Cc3cc[n+](CCCS(=O)(=O)O)cc3)cccc12. The number of hydrogen-bond acceptors (Lipinski definition) is 3. The van der Waals surface area contributed by atoms with Crippen LogP contribution in [-0.2, 0) is 16.7 Å². The smallest absolute Gasteiger partial charge is 0.265 e. The predicted octanol–water partition coefficient (Wildman–Crippen LogP) is 9.10. The van der Waals surface area contributed by atoms with E-state index in [1.165, 1.54) is 99.1 Å². The Labute approximate surface area is 255 Å². The molecule has 0 aliphatic rings. The van der Waals surface area contributed by atoms with Crippen molar-refractivity contribution in [2.75, 3.05) is 23.7 Å². The molecule has 0 saturated heterocycles. The summed E-state index contributed by atoms with van der Waals surface area (Å²) in [6, 6.07) is 17.5. The van der Waals surface area contributed by atoms with Crippen molar-refractivity contribution in [2.45, 2.75) is 104 Å². The summed E-state index contributed by atoms with van der Waals surface area (Å²) in [5.74, 6) is -0.222. The van der Waals surface area contributed by atoms with Crippen LogP contribution in [0.15, 0.2) is 60.9 Å². The van der Waals surface area contributed by atoms with E-state index in [-0.39, 0.29) is 5.75 Å². The van der Waals surface area contributed by atoms with Gasteiger partial charge in [-0.25, -0.2) is 4.57 Å². The van der Waals surface area contributed by atoms with E-state index in [4.69, 9.17) is 4.55 Å². The van der Waals surface area contributed by atoms with Crippen molar-refractivity contribution in [1.82, 2.24) is 0 Å². The number of unbranched alkanes of at least 4 members (excludes halogenated alkanes) is 10. The number of pyridine rings is 1. The summed E-state index contributed by atoms with van der Waals surface area (Å²) in [4.78, 5) is 2.65. The molecule has 1 N–H and O–H groups in total. The van der Waals surface area contributed by atoms with E-state index in [1.54, 1.807) is 0 Å². The molecular weight excluding hydrogens is 540 g/mol. The zero-order valence-electron chi connectivity index (χ0n) is 26.0. The van der Waals surface area contributed by atoms with Crippen molar-refractivity contribution in [3.63, 3.8) is 0 Å². The van der Waals surface area contributed by atoms with Crippen LogP contribution in [0.1, 0.15) is 108 Å². The van der Waals surface area contributed by atoms with Gasteiger partial charge >= 0.3 is 0 Å². The maximum absolute atomic E-state index is 11.0. The van der Waals surface area contributed by atoms with Gasteiger partial charge in [-0.2, -0.15) is 8.42 Å². The second-order valence-corrected chi connectivity index (χ2v) is 13.2. The van der Waals surface area contributed by atoms with Crippen LogP contribution in [0.2, 0.25) is 0 Å². The van der Waals surface area contributed by atoms with Gasteiger partial charge in [-0.3, -0.25) is 4.55 Å². The van der Waals surface area contributed by atoms with Crippen molar-refractivity contribution >= 4 is 38.7 Å². The Hall–Kier alpha value is -2.70. The van der Waals surface area contributed by atoms with Gasteiger partial charge in [0.1, 0.15) is 6.54 Å². The summed E-state index contributed by atoms with van der Waals surface area (Å²) in [6.07, 6.45) is 24.4. The van der Waals surface area contributed by atoms with Gasteiger partial charge in [0.25, 0.3) is 10.1 Å². The Morgan fingerprint density at radius 3 is 1.88 bits per heavy atom. The fraction of sp³-hybridized carbons (Fsp3) is 0.528. The molecule has 0 unspecified atom stereocenters. The first kappa shape index (κ1) is 33.8. The summed E-state index contributed by atoms with van der Waals surface area (Å²) >= 11 is 0. The number of benzene rings is 2. The Bertz CT molecular complexity index is 1300. The van der Waals surface area contributed by atoms with Crippen molar-refractivity contribution in [3.8, 4) is 0 Å². The minimum Gasteiger partial charge on any atom is -0.371 e. The van der Waals surface area contributed by atoms with E-state index < -0.39 is 10.1 Å². The maximum atomic E-state index is 11.0. The van der Waals surface area contributed by atoms with Gasteiger partial charge in [0.15, 0.2) is 12.4 Å². The molecule has 0 atom stereocenters. The average Bonchev–Trinajstić information content (AvgIpc) is 2.98. The number of fused-ring (bicyclic) bond motifs is 1. The van der Waals surface area contributed by atoms with Crippen LogP contribution >= 0.6 is 0 Å². The molecule has 3 aromatic rings. The molecule has 6 heteroatoms. The number of anilines is 1. The zero-order chi connectivity index (χ0) is 30.0. The molecule has 42 heavy (non-hydrogen) atoms. The van der Waals surface area contributed by atoms with E-state index in [2.05, 4.69) is 67.3 Å². The largest absolute Gasteiger partial charge is 0.371 e. The van der Waals surface area contributed by atoms with E-state index >= 15 is 0 Å². The Balaban J connectivity index is 1.72. The van der Waals surface area contributed by atoms with E-state index in [0.29, 0.717) is 13.0 Å². The fourth-order valence-corrected chi connectivity index (χ4v) is 6.10. The molecule has 5 nitrogen and oxygen atoms in total. The van der Waals surface area contributed by atoms with Gasteiger partial charge in [-0.05, 0) is 35.4 Å². The lowest BCUT2D eigenvalue weighted by Crippen LogP contribution is -2.33. The van der Waals surface area contributed by atoms with Gasteiger partial charge in [0.2, 0.25) is 0 Å². The lowest BCUT2D eigenvalue weighted by atomic mass is 10.0. The highest BCUT2D eigenvalue weighted by Crippen LogP contribution is 2.31. The molecule has 0 bridgehead atoms. The highest BCUT2D eigenvalue weighted by molar-refractivity contribution is 7.85. The van der Waals surface area contributed by atoms with Crippen molar-refractivity contribution in [3.05, 3.63) is 72.1 Å². The number of nitrogens with zero attached hydrogens (tertiary/aromatic N) is 2. The van der Waals surface area contributed by atoms with Crippen molar-refractivity contribution in [2.24, 2.45) is 0 Å². The third-order valence-corrected chi connectivity index (χ3v) is 8.83. The first-order valence-corrected chi connectivity index (χ1v) is 17.9. The topological polar surface area (TPSA) is 61.5 Å². The van der Waals surface area contributed by atoms with Crippen LogP contribution in [0.5, 0.6) is 0 Å². The monoisotopic (exact) mass is 593 g/mol. The fourth-order valence-electron chi connectivity index (χ4n) is 5.60. The van der Waals surface area contributed by atoms with Crippen LogP contribution in [0.4, 0.5) is 5.69 Å². The molecule has 0 aliphatic carbocycles. The molecule has 0 aliphatic heterocycles. The molecule has 2 aromatic carbocycles. The predicted molar refractivity (Wildman–Crippen MR) is 180 cm³/mol. The third kappa shape index (κ3) is 12.3. The maximum Gasteiger partial charge on any atom is 0.265 e. The zero-order valence-corrected chi connectivity index (χ0v) is 26.8. The lowest BCUT2D eigenvalue weighted by Gasteiger charge is -2.27. The molecule has 230 valence electrons. The molecule has 0 radical (unpaired) electrons. The van der Waals surface area contributed by atoms with Gasteiger partial charge < -0.3 is 4.90 Å². The standard InChI is InChI=1S/C36H52N2O3S/c1-3-5-7-9-11-13-27-38(28-14-12-10-8-6-4-2)36-21-16-19-34-33(18-15-20-35(34)36)23-22-32-24-29-37(30-25-32)26-17-31-42(39,40)41/h15-16,18-25,29-30H,3-14,17,26-28,31H2,1-2H3/p+1. The molecule has 0 saturated carbocycles. The van der Waals surface area contributed by atoms with Gasteiger partial charge in [-0.15, -0.1) is 0 Å². The van der Waals surface area contributed by atoms with Crippen molar-refractivity contribution < 1.29 is 17.5 Å². The van der Waals surface area contributed by atoms with Crippen LogP contribution in [0.25, 0.3) is 22.9 Å². The number of rotatable bonds is 21. The van der Waals surface area contributed by atoms with Crippen LogP contribution in [-0.4, -0.2) is 31.8 Å². The summed E-state index contributed by atoms with van der Waals surface area (Å²) in [7, 11) is -3.91. The van der Waals surface area contributed by atoms with E-state index in [1.807, 2.05) is 29.1 Å². The molecule has 3 rings (SSSR count). The van der Waals surface area contributed by atoms with E-state index in [0.717, 1.165) is 18.7 Å². The summed E-state index contributed by atoms with van der Waals surface area (Å²) in [5.41, 5.74) is 3.65. The minimum absolute atomic E-state index is 0.222. The highest BCUT2D eigenvalue weighted by atomic mass is 32.2. The number of aromatic nitrogens is 1. The highest BCUT2D eigenvalue weighted by Gasteiger charge is 2.12. The Kier molecular flexibility index (Phi) is 15.1. The minimum atomic E-state index is -3.91. The second kappa shape index (κ2) is 18.8. The second-order valence-electron chi connectivity index (χ2n) is 11.6. The van der Waals surface area contributed by atoms with Crippen LogP contribution < -0.4 is 9.47 Å². The Morgan fingerprint density at radius 1 is 0.690 bits per heavy atom. The molecule has 0 amide bonds. The third-order valence-electron chi connectivity index (χ3n) is 8.03. The van der Waals surface area contributed by atoms with Crippen LogP contribution in [0, 0.1) is 0 Å². The van der Waals surface area contributed by atoms with E-state index in [9.17, 15) is 8.42 Å². The molecule has 1 heterocycles. The summed E-state index contributed by atoms with van der Waals surface area (Å²) in [5, 5.41) is 2.60. The van der Waals surface area contributed by atoms with Crippen LogP contribution in [0.3, 0.4) is 0 Å². The Morgan fingerprint density at radius 2 is 1.26 bits per heavy atom. The molecular formula is C36H53N2O3S+. The average molecular weight is 594 g/mol. The van der Waals surface area contributed by atoms with Gasteiger partial charge in [0, 0.05) is 42.7 Å².